The van der Waals surface area contributed by atoms with Crippen molar-refractivity contribution >= 4 is 0 Å². The summed E-state index contributed by atoms with van der Waals surface area (Å²) in [5.41, 5.74) is 1.11. The standard InChI is InChI=1S/C10H21NO2/c1-5-11-10(9(2)3)8-13-7-6-12-4/h10-11H,2,5-8H2,1,3-4H3. The molecular formula is C10H21NO2. The lowest BCUT2D eigenvalue weighted by atomic mass is 10.1. The van der Waals surface area contributed by atoms with E-state index in [0.717, 1.165) is 12.1 Å². The summed E-state index contributed by atoms with van der Waals surface area (Å²) in [6.45, 7) is 10.9. The third-order valence-corrected chi connectivity index (χ3v) is 1.76. The van der Waals surface area contributed by atoms with Gasteiger partial charge in [-0.3, -0.25) is 0 Å². The monoisotopic (exact) mass is 187 g/mol. The quantitative estimate of drug-likeness (QED) is 0.457. The summed E-state index contributed by atoms with van der Waals surface area (Å²) in [4.78, 5) is 0. The number of ether oxygens (including phenoxy) is 2. The lowest BCUT2D eigenvalue weighted by Crippen LogP contribution is -2.34. The van der Waals surface area contributed by atoms with E-state index in [1.165, 1.54) is 0 Å². The van der Waals surface area contributed by atoms with Crippen LogP contribution in [0.15, 0.2) is 12.2 Å². The first-order chi connectivity index (χ1) is 6.22. The molecule has 1 N–H and O–H groups in total. The number of nitrogens with one attached hydrogen (secondary N) is 1. The van der Waals surface area contributed by atoms with E-state index in [9.17, 15) is 0 Å². The smallest absolute Gasteiger partial charge is 0.0701 e. The Labute approximate surface area is 81.1 Å². The number of methoxy groups -OCH3 is 1. The van der Waals surface area contributed by atoms with Crippen LogP contribution in [0.3, 0.4) is 0 Å². The second-order valence-corrected chi connectivity index (χ2v) is 3.02. The second-order valence-electron chi connectivity index (χ2n) is 3.02. The molecule has 0 aliphatic carbocycles. The topological polar surface area (TPSA) is 30.5 Å². The molecule has 1 unspecified atom stereocenters. The van der Waals surface area contributed by atoms with Crippen LogP contribution in [0.25, 0.3) is 0 Å². The minimum absolute atomic E-state index is 0.266. The second kappa shape index (κ2) is 8.23. The zero-order valence-corrected chi connectivity index (χ0v) is 8.93. The van der Waals surface area contributed by atoms with Gasteiger partial charge in [0.1, 0.15) is 0 Å². The molecule has 13 heavy (non-hydrogen) atoms. The van der Waals surface area contributed by atoms with Gasteiger partial charge in [0, 0.05) is 7.11 Å². The van der Waals surface area contributed by atoms with Crippen molar-refractivity contribution in [1.82, 2.24) is 5.32 Å². The summed E-state index contributed by atoms with van der Waals surface area (Å²) in [6.07, 6.45) is 0. The predicted octanol–water partition coefficient (Wildman–Crippen LogP) is 1.20. The fourth-order valence-corrected chi connectivity index (χ4v) is 0.965. The minimum Gasteiger partial charge on any atom is -0.382 e. The maximum Gasteiger partial charge on any atom is 0.0701 e. The lowest BCUT2D eigenvalue weighted by Gasteiger charge is -2.17. The number of likely N-dealkylation sites (N-methyl/N-ethyl adjacent to an activating group) is 1. The van der Waals surface area contributed by atoms with E-state index in [-0.39, 0.29) is 6.04 Å². The van der Waals surface area contributed by atoms with E-state index in [1.807, 2.05) is 6.92 Å². The molecule has 0 heterocycles. The molecule has 0 bridgehead atoms. The Bertz CT molecular complexity index is 137. The van der Waals surface area contributed by atoms with Gasteiger partial charge in [0.2, 0.25) is 0 Å². The lowest BCUT2D eigenvalue weighted by molar-refractivity contribution is 0.0634. The summed E-state index contributed by atoms with van der Waals surface area (Å²) >= 11 is 0. The molecule has 0 spiro atoms. The Balaban J connectivity index is 3.51. The van der Waals surface area contributed by atoms with E-state index in [1.54, 1.807) is 7.11 Å². The molecule has 3 nitrogen and oxygen atoms in total. The molecule has 0 radical (unpaired) electrons. The molecule has 78 valence electrons. The van der Waals surface area contributed by atoms with Crippen molar-refractivity contribution in [1.29, 1.82) is 0 Å². The van der Waals surface area contributed by atoms with Crippen molar-refractivity contribution < 1.29 is 9.47 Å². The number of hydrogen-bond acceptors (Lipinski definition) is 3. The predicted molar refractivity (Wildman–Crippen MR) is 55.0 cm³/mol. The molecule has 1 atom stereocenters. The van der Waals surface area contributed by atoms with Crippen LogP contribution in [-0.2, 0) is 9.47 Å². The van der Waals surface area contributed by atoms with Crippen LogP contribution in [0.5, 0.6) is 0 Å². The fourth-order valence-electron chi connectivity index (χ4n) is 0.965. The molecule has 0 aliphatic rings. The van der Waals surface area contributed by atoms with Gasteiger partial charge in [-0.1, -0.05) is 19.1 Å². The SMILES string of the molecule is C=C(C)C(COCCOC)NCC. The highest BCUT2D eigenvalue weighted by Crippen LogP contribution is 1.98. The molecule has 0 fully saturated rings. The van der Waals surface area contributed by atoms with Crippen molar-refractivity contribution in [3.05, 3.63) is 12.2 Å². The Morgan fingerprint density at radius 2 is 2.15 bits per heavy atom. The normalized spacial score (nSPS) is 12.8. The summed E-state index contributed by atoms with van der Waals surface area (Å²) in [5, 5.41) is 3.29. The van der Waals surface area contributed by atoms with Gasteiger partial charge in [0.05, 0.1) is 25.9 Å². The van der Waals surface area contributed by atoms with Crippen LogP contribution in [0.4, 0.5) is 0 Å². The van der Waals surface area contributed by atoms with Crippen LogP contribution in [-0.4, -0.2) is 39.5 Å². The van der Waals surface area contributed by atoms with E-state index in [0.29, 0.717) is 19.8 Å². The number of hydrogen-bond donors (Lipinski definition) is 1. The molecule has 0 rings (SSSR count). The molecule has 0 amide bonds. The Kier molecular flexibility index (Phi) is 7.99. The summed E-state index contributed by atoms with van der Waals surface area (Å²) in [7, 11) is 1.67. The molecule has 0 saturated carbocycles. The molecular weight excluding hydrogens is 166 g/mol. The molecule has 0 aromatic carbocycles. The van der Waals surface area contributed by atoms with Crippen molar-refractivity contribution in [2.45, 2.75) is 19.9 Å². The van der Waals surface area contributed by atoms with E-state index in [4.69, 9.17) is 9.47 Å². The van der Waals surface area contributed by atoms with Crippen LogP contribution in [0, 0.1) is 0 Å². The third kappa shape index (κ3) is 6.75. The maximum absolute atomic E-state index is 5.40. The zero-order valence-electron chi connectivity index (χ0n) is 8.93. The van der Waals surface area contributed by atoms with Crippen LogP contribution in [0.1, 0.15) is 13.8 Å². The Morgan fingerprint density at radius 3 is 2.62 bits per heavy atom. The summed E-state index contributed by atoms with van der Waals surface area (Å²) < 4.78 is 10.3. The van der Waals surface area contributed by atoms with Gasteiger partial charge >= 0.3 is 0 Å². The first kappa shape index (κ1) is 12.6. The highest BCUT2D eigenvalue weighted by atomic mass is 16.5. The van der Waals surface area contributed by atoms with E-state index < -0.39 is 0 Å². The van der Waals surface area contributed by atoms with Gasteiger partial charge in [-0.25, -0.2) is 0 Å². The first-order valence-corrected chi connectivity index (χ1v) is 4.67. The third-order valence-electron chi connectivity index (χ3n) is 1.76. The molecule has 0 aliphatic heterocycles. The van der Waals surface area contributed by atoms with Crippen molar-refractivity contribution in [3.63, 3.8) is 0 Å². The van der Waals surface area contributed by atoms with E-state index >= 15 is 0 Å². The van der Waals surface area contributed by atoms with Crippen molar-refractivity contribution in [2.75, 3.05) is 33.5 Å². The first-order valence-electron chi connectivity index (χ1n) is 4.67. The van der Waals surface area contributed by atoms with Crippen LogP contribution < -0.4 is 5.32 Å². The van der Waals surface area contributed by atoms with Crippen LogP contribution >= 0.6 is 0 Å². The Hall–Kier alpha value is -0.380. The van der Waals surface area contributed by atoms with Crippen molar-refractivity contribution in [3.8, 4) is 0 Å². The van der Waals surface area contributed by atoms with Gasteiger partial charge in [-0.2, -0.15) is 0 Å². The van der Waals surface area contributed by atoms with Gasteiger partial charge in [-0.05, 0) is 13.5 Å². The highest BCUT2D eigenvalue weighted by Gasteiger charge is 2.06. The average molecular weight is 187 g/mol. The molecule has 3 heteroatoms. The highest BCUT2D eigenvalue weighted by molar-refractivity contribution is 5.01. The van der Waals surface area contributed by atoms with Gasteiger partial charge in [0.15, 0.2) is 0 Å². The largest absolute Gasteiger partial charge is 0.382 e. The maximum atomic E-state index is 5.40. The molecule has 0 saturated heterocycles. The van der Waals surface area contributed by atoms with Gasteiger partial charge in [-0.15, -0.1) is 0 Å². The zero-order chi connectivity index (χ0) is 10.1. The van der Waals surface area contributed by atoms with Crippen molar-refractivity contribution in [2.24, 2.45) is 0 Å². The average Bonchev–Trinajstić information content (AvgIpc) is 2.10. The molecule has 0 aromatic heterocycles. The molecule has 0 aromatic rings. The minimum atomic E-state index is 0.266. The Morgan fingerprint density at radius 1 is 1.46 bits per heavy atom. The van der Waals surface area contributed by atoms with Crippen LogP contribution in [0.2, 0.25) is 0 Å². The summed E-state index contributed by atoms with van der Waals surface area (Å²) in [5.74, 6) is 0. The van der Waals surface area contributed by atoms with E-state index in [2.05, 4.69) is 18.8 Å². The number of rotatable bonds is 8. The van der Waals surface area contributed by atoms with Gasteiger partial charge < -0.3 is 14.8 Å². The fraction of sp³-hybridized carbons (Fsp3) is 0.800. The van der Waals surface area contributed by atoms with Gasteiger partial charge in [0.25, 0.3) is 0 Å². The summed E-state index contributed by atoms with van der Waals surface area (Å²) in [6, 6.07) is 0.266.